The quantitative estimate of drug-likeness (QED) is 0.772. The summed E-state index contributed by atoms with van der Waals surface area (Å²) in [5.74, 6) is -0.310. The van der Waals surface area contributed by atoms with E-state index in [0.29, 0.717) is 11.6 Å². The highest BCUT2D eigenvalue weighted by Crippen LogP contribution is 2.22. The minimum atomic E-state index is -0.310. The Hall–Kier alpha value is -1.84. The van der Waals surface area contributed by atoms with Crippen LogP contribution in [0.5, 0.6) is 0 Å². The van der Waals surface area contributed by atoms with Gasteiger partial charge in [0.2, 0.25) is 0 Å². The minimum absolute atomic E-state index is 0.310. The zero-order chi connectivity index (χ0) is 13.8. The van der Waals surface area contributed by atoms with Gasteiger partial charge in [-0.3, -0.25) is 4.68 Å². The second kappa shape index (κ2) is 5.87. The van der Waals surface area contributed by atoms with Crippen LogP contribution in [-0.4, -0.2) is 22.9 Å². The Labute approximate surface area is 113 Å². The summed E-state index contributed by atoms with van der Waals surface area (Å²) in [7, 11) is 1.39. The highest BCUT2D eigenvalue weighted by molar-refractivity contribution is 5.94. The van der Waals surface area contributed by atoms with E-state index in [2.05, 4.69) is 18.9 Å². The average molecular weight is 260 g/mol. The fraction of sp³-hybridized carbons (Fsp3) is 0.467. The maximum atomic E-state index is 11.5. The molecule has 4 nitrogen and oxygen atoms in total. The molecule has 0 aliphatic rings. The fourth-order valence-corrected chi connectivity index (χ4v) is 2.33. The van der Waals surface area contributed by atoms with Gasteiger partial charge in [-0.15, -0.1) is 0 Å². The molecule has 2 rings (SSSR count). The molecular weight excluding hydrogens is 240 g/mol. The van der Waals surface area contributed by atoms with Crippen LogP contribution in [0.15, 0.2) is 24.4 Å². The Morgan fingerprint density at radius 3 is 2.84 bits per heavy atom. The maximum absolute atomic E-state index is 11.5. The summed E-state index contributed by atoms with van der Waals surface area (Å²) < 4.78 is 6.76. The Morgan fingerprint density at radius 1 is 1.42 bits per heavy atom. The van der Waals surface area contributed by atoms with Crippen molar-refractivity contribution in [1.82, 2.24) is 9.78 Å². The van der Waals surface area contributed by atoms with Crippen LogP contribution >= 0.6 is 0 Å². The number of rotatable bonds is 5. The zero-order valence-corrected chi connectivity index (χ0v) is 11.7. The second-order valence-corrected chi connectivity index (χ2v) is 4.73. The normalized spacial score (nSPS) is 12.6. The summed E-state index contributed by atoms with van der Waals surface area (Å²) in [5.41, 5.74) is 1.49. The van der Waals surface area contributed by atoms with E-state index < -0.39 is 0 Å². The van der Waals surface area contributed by atoms with Crippen LogP contribution in [0.25, 0.3) is 10.9 Å². The van der Waals surface area contributed by atoms with Gasteiger partial charge >= 0.3 is 5.97 Å². The Balaban J connectivity index is 2.37. The molecule has 2 aromatic rings. The van der Waals surface area contributed by atoms with E-state index in [9.17, 15) is 4.79 Å². The first kappa shape index (κ1) is 13.6. The topological polar surface area (TPSA) is 44.1 Å². The second-order valence-electron chi connectivity index (χ2n) is 4.73. The van der Waals surface area contributed by atoms with E-state index in [1.54, 1.807) is 6.07 Å². The maximum Gasteiger partial charge on any atom is 0.337 e. The third kappa shape index (κ3) is 2.78. The van der Waals surface area contributed by atoms with Gasteiger partial charge in [0.1, 0.15) is 0 Å². The number of ether oxygens (including phenoxy) is 1. The molecule has 19 heavy (non-hydrogen) atoms. The molecule has 0 saturated carbocycles. The molecule has 0 bridgehead atoms. The predicted octanol–water partition coefficient (Wildman–Crippen LogP) is 3.57. The average Bonchev–Trinajstić information content (AvgIpc) is 2.86. The molecule has 0 amide bonds. The van der Waals surface area contributed by atoms with Gasteiger partial charge in [-0.2, -0.15) is 5.10 Å². The number of hydrogen-bond acceptors (Lipinski definition) is 3. The third-order valence-corrected chi connectivity index (χ3v) is 3.41. The molecule has 1 aromatic carbocycles. The van der Waals surface area contributed by atoms with E-state index >= 15 is 0 Å². The van der Waals surface area contributed by atoms with E-state index in [0.717, 1.165) is 30.2 Å². The smallest absolute Gasteiger partial charge is 0.337 e. The van der Waals surface area contributed by atoms with Crippen LogP contribution in [0, 0.1) is 0 Å². The van der Waals surface area contributed by atoms with Crippen LogP contribution in [0.3, 0.4) is 0 Å². The molecule has 0 N–H and O–H groups in total. The first-order valence-corrected chi connectivity index (χ1v) is 6.76. The molecule has 0 aliphatic carbocycles. The van der Waals surface area contributed by atoms with Crippen LogP contribution in [-0.2, 0) is 4.74 Å². The van der Waals surface area contributed by atoms with Gasteiger partial charge in [0.25, 0.3) is 0 Å². The molecule has 0 spiro atoms. The molecule has 1 atom stereocenters. The number of methoxy groups -OCH3 is 1. The number of esters is 1. The number of nitrogens with zero attached hydrogens (tertiary/aromatic N) is 2. The van der Waals surface area contributed by atoms with E-state index in [1.807, 2.05) is 23.0 Å². The van der Waals surface area contributed by atoms with Crippen molar-refractivity contribution in [3.63, 3.8) is 0 Å². The summed E-state index contributed by atoms with van der Waals surface area (Å²) >= 11 is 0. The number of carbonyl (C=O) groups is 1. The first-order chi connectivity index (χ1) is 9.19. The number of hydrogen-bond donors (Lipinski definition) is 0. The molecule has 0 saturated heterocycles. The summed E-state index contributed by atoms with van der Waals surface area (Å²) in [6.07, 6.45) is 5.34. The van der Waals surface area contributed by atoms with Crippen LogP contribution in [0.4, 0.5) is 0 Å². The Bertz CT molecular complexity index is 575. The van der Waals surface area contributed by atoms with E-state index in [4.69, 9.17) is 4.74 Å². The Morgan fingerprint density at radius 2 is 2.21 bits per heavy atom. The van der Waals surface area contributed by atoms with Crippen molar-refractivity contribution in [1.29, 1.82) is 0 Å². The van der Waals surface area contributed by atoms with Gasteiger partial charge in [0.15, 0.2) is 0 Å². The first-order valence-electron chi connectivity index (χ1n) is 6.76. The van der Waals surface area contributed by atoms with Gasteiger partial charge in [-0.25, -0.2) is 4.79 Å². The van der Waals surface area contributed by atoms with Crippen LogP contribution in [0.2, 0.25) is 0 Å². The number of carbonyl (C=O) groups excluding carboxylic acids is 1. The van der Waals surface area contributed by atoms with Crippen LogP contribution in [0.1, 0.15) is 49.5 Å². The molecule has 0 radical (unpaired) electrons. The van der Waals surface area contributed by atoms with E-state index in [1.165, 1.54) is 7.11 Å². The van der Waals surface area contributed by atoms with Crippen molar-refractivity contribution in [2.24, 2.45) is 0 Å². The highest BCUT2D eigenvalue weighted by atomic mass is 16.5. The summed E-state index contributed by atoms with van der Waals surface area (Å²) in [4.78, 5) is 11.5. The van der Waals surface area contributed by atoms with Crippen molar-refractivity contribution in [2.75, 3.05) is 7.11 Å². The lowest BCUT2D eigenvalue weighted by atomic mass is 10.1. The third-order valence-electron chi connectivity index (χ3n) is 3.41. The SMILES string of the molecule is CCCC(CC)n1cc2cc(C(=O)OC)ccc2n1. The summed E-state index contributed by atoms with van der Waals surface area (Å²) in [6.45, 7) is 4.35. The summed E-state index contributed by atoms with van der Waals surface area (Å²) in [5, 5.41) is 5.58. The highest BCUT2D eigenvalue weighted by Gasteiger charge is 2.12. The minimum Gasteiger partial charge on any atom is -0.465 e. The largest absolute Gasteiger partial charge is 0.465 e. The lowest BCUT2D eigenvalue weighted by Crippen LogP contribution is -2.07. The van der Waals surface area contributed by atoms with Crippen LogP contribution < -0.4 is 0 Å². The van der Waals surface area contributed by atoms with Crippen molar-refractivity contribution < 1.29 is 9.53 Å². The molecular formula is C15H20N2O2. The van der Waals surface area contributed by atoms with E-state index in [-0.39, 0.29) is 5.97 Å². The standard InChI is InChI=1S/C15H20N2O2/c1-4-6-13(5-2)17-10-12-9-11(15(18)19-3)7-8-14(12)16-17/h7-10,13H,4-6H2,1-3H3. The molecule has 1 unspecified atom stereocenters. The van der Waals surface area contributed by atoms with Gasteiger partial charge in [0.05, 0.1) is 24.2 Å². The molecule has 0 fully saturated rings. The molecule has 102 valence electrons. The van der Waals surface area contributed by atoms with Gasteiger partial charge in [-0.1, -0.05) is 20.3 Å². The lowest BCUT2D eigenvalue weighted by molar-refractivity contribution is 0.0601. The molecule has 1 heterocycles. The van der Waals surface area contributed by atoms with Crippen molar-refractivity contribution in [3.05, 3.63) is 30.0 Å². The predicted molar refractivity (Wildman–Crippen MR) is 75.3 cm³/mol. The Kier molecular flexibility index (Phi) is 4.20. The number of fused-ring (bicyclic) bond motifs is 1. The molecule has 0 aliphatic heterocycles. The number of benzene rings is 1. The zero-order valence-electron chi connectivity index (χ0n) is 11.7. The van der Waals surface area contributed by atoms with Gasteiger partial charge in [0, 0.05) is 11.6 Å². The fourth-order valence-electron chi connectivity index (χ4n) is 2.33. The lowest BCUT2D eigenvalue weighted by Gasteiger charge is -2.13. The van der Waals surface area contributed by atoms with Crippen molar-refractivity contribution in [3.8, 4) is 0 Å². The number of aromatic nitrogens is 2. The van der Waals surface area contributed by atoms with Gasteiger partial charge < -0.3 is 4.74 Å². The van der Waals surface area contributed by atoms with Gasteiger partial charge in [-0.05, 0) is 31.0 Å². The summed E-state index contributed by atoms with van der Waals surface area (Å²) in [6, 6.07) is 5.89. The van der Waals surface area contributed by atoms with Crippen molar-refractivity contribution in [2.45, 2.75) is 39.2 Å². The monoisotopic (exact) mass is 260 g/mol. The molecule has 4 heteroatoms. The molecule has 1 aromatic heterocycles. The van der Waals surface area contributed by atoms with Crippen molar-refractivity contribution >= 4 is 16.9 Å².